The number of hydrogen-bond donors (Lipinski definition) is 1. The minimum absolute atomic E-state index is 0.0196. The standard InChI is InChI=1S/C20H20F3N3O/c21-20(22,23)15-9-7-13(8-10-15)19(27)26-12-14-4-3-11-24-18(14)25-16-5-1-2-6-17(16)26/h1-6,11,13,15H,7-10,12H2,(H,24,25)/t13-,15-. The molecule has 2 aromatic rings. The molecule has 1 aromatic carbocycles. The largest absolute Gasteiger partial charge is 0.391 e. The predicted molar refractivity (Wildman–Crippen MR) is 96.7 cm³/mol. The molecule has 4 rings (SSSR count). The van der Waals surface area contributed by atoms with E-state index in [1.807, 2.05) is 36.4 Å². The third-order valence-corrected chi connectivity index (χ3v) is 5.47. The molecule has 2 aliphatic rings. The molecule has 7 heteroatoms. The minimum Gasteiger partial charge on any atom is -0.338 e. The van der Waals surface area contributed by atoms with Crippen LogP contribution in [0.2, 0.25) is 0 Å². The summed E-state index contributed by atoms with van der Waals surface area (Å²) in [6, 6.07) is 11.2. The Labute approximate surface area is 155 Å². The Morgan fingerprint density at radius 1 is 1.07 bits per heavy atom. The average molecular weight is 375 g/mol. The Bertz CT molecular complexity index is 844. The minimum atomic E-state index is -4.17. The van der Waals surface area contributed by atoms with Gasteiger partial charge < -0.3 is 10.2 Å². The number of rotatable bonds is 1. The van der Waals surface area contributed by atoms with Gasteiger partial charge in [0.1, 0.15) is 5.82 Å². The lowest BCUT2D eigenvalue weighted by Crippen LogP contribution is -2.39. The van der Waals surface area contributed by atoms with E-state index in [2.05, 4.69) is 10.3 Å². The number of halogens is 3. The molecule has 1 aromatic heterocycles. The average Bonchev–Trinajstić information content (AvgIpc) is 2.83. The summed E-state index contributed by atoms with van der Waals surface area (Å²) in [6.07, 6.45) is -1.90. The molecular weight excluding hydrogens is 355 g/mol. The number of carbonyl (C=O) groups excluding carboxylic acids is 1. The summed E-state index contributed by atoms with van der Waals surface area (Å²) in [5.74, 6) is -1.08. The van der Waals surface area contributed by atoms with Crippen LogP contribution in [0.4, 0.5) is 30.4 Å². The lowest BCUT2D eigenvalue weighted by Gasteiger charge is -2.32. The van der Waals surface area contributed by atoms with E-state index < -0.39 is 12.1 Å². The van der Waals surface area contributed by atoms with E-state index in [0.717, 1.165) is 16.9 Å². The molecule has 0 radical (unpaired) electrons. The molecule has 1 amide bonds. The summed E-state index contributed by atoms with van der Waals surface area (Å²) in [4.78, 5) is 19.3. The van der Waals surface area contributed by atoms with Crippen molar-refractivity contribution >= 4 is 23.1 Å². The van der Waals surface area contributed by atoms with Crippen molar-refractivity contribution < 1.29 is 18.0 Å². The van der Waals surface area contributed by atoms with E-state index in [1.165, 1.54) is 0 Å². The Kier molecular flexibility index (Phi) is 4.53. The summed E-state index contributed by atoms with van der Waals surface area (Å²) in [7, 11) is 0. The highest BCUT2D eigenvalue weighted by Crippen LogP contribution is 2.42. The third-order valence-electron chi connectivity index (χ3n) is 5.47. The quantitative estimate of drug-likeness (QED) is 0.759. The number of alkyl halides is 3. The number of aromatic nitrogens is 1. The Morgan fingerprint density at radius 3 is 2.56 bits per heavy atom. The predicted octanol–water partition coefficient (Wildman–Crippen LogP) is 5.04. The van der Waals surface area contributed by atoms with Gasteiger partial charge in [-0.3, -0.25) is 4.79 Å². The smallest absolute Gasteiger partial charge is 0.338 e. The Hall–Kier alpha value is -2.57. The molecule has 27 heavy (non-hydrogen) atoms. The van der Waals surface area contributed by atoms with E-state index >= 15 is 0 Å². The van der Waals surface area contributed by atoms with Crippen LogP contribution in [0.3, 0.4) is 0 Å². The van der Waals surface area contributed by atoms with Crippen LogP contribution in [-0.2, 0) is 11.3 Å². The zero-order valence-corrected chi connectivity index (χ0v) is 14.7. The molecule has 1 saturated carbocycles. The number of benzene rings is 1. The van der Waals surface area contributed by atoms with Crippen molar-refractivity contribution in [3.8, 4) is 0 Å². The van der Waals surface area contributed by atoms with Crippen molar-refractivity contribution in [1.29, 1.82) is 0 Å². The summed E-state index contributed by atoms with van der Waals surface area (Å²) >= 11 is 0. The number of fused-ring (bicyclic) bond motifs is 2. The van der Waals surface area contributed by atoms with Gasteiger partial charge in [0.25, 0.3) is 0 Å². The molecule has 1 fully saturated rings. The monoisotopic (exact) mass is 375 g/mol. The van der Waals surface area contributed by atoms with Crippen molar-refractivity contribution in [2.45, 2.75) is 38.4 Å². The molecule has 0 atom stereocenters. The second kappa shape index (κ2) is 6.87. The molecule has 4 nitrogen and oxygen atoms in total. The second-order valence-electron chi connectivity index (χ2n) is 7.17. The molecule has 1 aliphatic carbocycles. The summed E-state index contributed by atoms with van der Waals surface area (Å²) < 4.78 is 38.8. The van der Waals surface area contributed by atoms with E-state index in [4.69, 9.17) is 0 Å². The number of para-hydroxylation sites is 2. The SMILES string of the molecule is O=C([C@H]1CC[C@H](C(F)(F)F)CC1)N1Cc2cccnc2Nc2ccccc21. The number of anilines is 3. The second-order valence-corrected chi connectivity index (χ2v) is 7.17. The highest BCUT2D eigenvalue weighted by molar-refractivity contribution is 5.99. The van der Waals surface area contributed by atoms with Crippen molar-refractivity contribution in [3.05, 3.63) is 48.2 Å². The van der Waals surface area contributed by atoms with Crippen LogP contribution in [0.5, 0.6) is 0 Å². The van der Waals surface area contributed by atoms with Crippen LogP contribution in [0.1, 0.15) is 31.2 Å². The molecule has 0 unspecified atom stereocenters. The van der Waals surface area contributed by atoms with Crippen molar-refractivity contribution in [3.63, 3.8) is 0 Å². The van der Waals surface area contributed by atoms with E-state index in [0.29, 0.717) is 12.4 Å². The Balaban J connectivity index is 1.60. The van der Waals surface area contributed by atoms with Gasteiger partial charge in [0.15, 0.2) is 0 Å². The lowest BCUT2D eigenvalue weighted by atomic mass is 9.81. The molecule has 142 valence electrons. The first-order valence-corrected chi connectivity index (χ1v) is 9.11. The van der Waals surface area contributed by atoms with Gasteiger partial charge in [0.05, 0.1) is 23.8 Å². The van der Waals surface area contributed by atoms with Gasteiger partial charge in [0, 0.05) is 17.7 Å². The van der Waals surface area contributed by atoms with Gasteiger partial charge in [-0.1, -0.05) is 18.2 Å². The maximum atomic E-state index is 13.2. The summed E-state index contributed by atoms with van der Waals surface area (Å²) in [5.41, 5.74) is 2.39. The number of pyridine rings is 1. The fourth-order valence-corrected chi connectivity index (χ4v) is 3.96. The molecule has 0 saturated heterocycles. The van der Waals surface area contributed by atoms with E-state index in [9.17, 15) is 18.0 Å². The third kappa shape index (κ3) is 3.50. The van der Waals surface area contributed by atoms with Crippen LogP contribution in [0, 0.1) is 11.8 Å². The zero-order chi connectivity index (χ0) is 19.0. The molecule has 1 N–H and O–H groups in total. The first-order chi connectivity index (χ1) is 12.9. The van der Waals surface area contributed by atoms with Gasteiger partial charge in [-0.15, -0.1) is 0 Å². The van der Waals surface area contributed by atoms with E-state index in [-0.39, 0.29) is 37.5 Å². The lowest BCUT2D eigenvalue weighted by molar-refractivity contribution is -0.184. The zero-order valence-electron chi connectivity index (χ0n) is 14.7. The molecular formula is C20H20F3N3O. The topological polar surface area (TPSA) is 45.2 Å². The number of nitrogens with zero attached hydrogens (tertiary/aromatic N) is 2. The van der Waals surface area contributed by atoms with Crippen LogP contribution < -0.4 is 10.2 Å². The normalized spacial score (nSPS) is 22.3. The summed E-state index contributed by atoms with van der Waals surface area (Å²) in [6.45, 7) is 0.352. The Morgan fingerprint density at radius 2 is 1.81 bits per heavy atom. The van der Waals surface area contributed by atoms with Crippen molar-refractivity contribution in [2.75, 3.05) is 10.2 Å². The molecule has 2 heterocycles. The van der Waals surface area contributed by atoms with Gasteiger partial charge in [-0.25, -0.2) is 4.98 Å². The number of amides is 1. The van der Waals surface area contributed by atoms with Crippen LogP contribution in [-0.4, -0.2) is 17.1 Å². The van der Waals surface area contributed by atoms with Gasteiger partial charge in [-0.2, -0.15) is 13.2 Å². The highest BCUT2D eigenvalue weighted by atomic mass is 19.4. The molecule has 0 spiro atoms. The maximum absolute atomic E-state index is 13.2. The number of hydrogen-bond acceptors (Lipinski definition) is 3. The number of carbonyl (C=O) groups is 1. The van der Waals surface area contributed by atoms with Crippen LogP contribution in [0.15, 0.2) is 42.6 Å². The van der Waals surface area contributed by atoms with Gasteiger partial charge in [-0.05, 0) is 43.9 Å². The van der Waals surface area contributed by atoms with E-state index in [1.54, 1.807) is 11.1 Å². The summed E-state index contributed by atoms with van der Waals surface area (Å²) in [5, 5.41) is 3.26. The molecule has 0 bridgehead atoms. The fraction of sp³-hybridized carbons (Fsp3) is 0.400. The van der Waals surface area contributed by atoms with Crippen LogP contribution in [0.25, 0.3) is 0 Å². The maximum Gasteiger partial charge on any atom is 0.391 e. The van der Waals surface area contributed by atoms with Crippen LogP contribution >= 0.6 is 0 Å². The fourth-order valence-electron chi connectivity index (χ4n) is 3.96. The first kappa shape index (κ1) is 17.8. The highest BCUT2D eigenvalue weighted by Gasteiger charge is 2.43. The van der Waals surface area contributed by atoms with Gasteiger partial charge >= 0.3 is 6.18 Å². The number of nitrogens with one attached hydrogen (secondary N) is 1. The van der Waals surface area contributed by atoms with Gasteiger partial charge in [0.2, 0.25) is 5.91 Å². The van der Waals surface area contributed by atoms with Crippen molar-refractivity contribution in [1.82, 2.24) is 4.98 Å². The molecule has 1 aliphatic heterocycles. The first-order valence-electron chi connectivity index (χ1n) is 9.11. The van der Waals surface area contributed by atoms with Crippen molar-refractivity contribution in [2.24, 2.45) is 11.8 Å².